The van der Waals surface area contributed by atoms with E-state index < -0.39 is 11.9 Å². The minimum atomic E-state index is -0.711. The molecule has 1 saturated heterocycles. The van der Waals surface area contributed by atoms with Crippen LogP contribution in [0.3, 0.4) is 0 Å². The standard InChI is InChI=1S/C27H24ClFN6O2/c1-34-9-3-2-4-22(34)27(37)32-21-11-16(15-5-8-23-30-14-31-35(23)13-15)10-19-24(21)25(33-26(19)36)18-12-17(29)6-7-20(18)28/h5-8,10-14,22,25H,2-4,9H2,1H3,(H,32,37)(H,33,36)/t22-,25-/m0/s1. The van der Waals surface area contributed by atoms with Crippen LogP contribution in [-0.2, 0) is 4.79 Å². The third kappa shape index (κ3) is 4.24. The van der Waals surface area contributed by atoms with Crippen molar-refractivity contribution < 1.29 is 14.0 Å². The Hall–Kier alpha value is -3.82. The van der Waals surface area contributed by atoms with E-state index >= 15 is 0 Å². The first kappa shape index (κ1) is 23.6. The van der Waals surface area contributed by atoms with E-state index in [9.17, 15) is 14.0 Å². The van der Waals surface area contributed by atoms with Gasteiger partial charge in [-0.1, -0.05) is 18.0 Å². The molecule has 2 aromatic carbocycles. The molecule has 0 spiro atoms. The van der Waals surface area contributed by atoms with Gasteiger partial charge in [-0.3, -0.25) is 14.5 Å². The third-order valence-electron chi connectivity index (χ3n) is 7.20. The number of halogens is 2. The number of fused-ring (bicyclic) bond motifs is 2. The molecule has 2 aliphatic rings. The van der Waals surface area contributed by atoms with Crippen LogP contribution in [0.5, 0.6) is 0 Å². The number of likely N-dealkylation sites (N-methyl/N-ethyl adjacent to an activating group) is 1. The molecule has 4 aromatic rings. The minimum Gasteiger partial charge on any atom is -0.341 e. The van der Waals surface area contributed by atoms with Crippen molar-refractivity contribution in [3.05, 3.63) is 82.5 Å². The highest BCUT2D eigenvalue weighted by Gasteiger charge is 2.36. The van der Waals surface area contributed by atoms with Crippen molar-refractivity contribution in [2.45, 2.75) is 31.3 Å². The van der Waals surface area contributed by atoms with Gasteiger partial charge in [-0.2, -0.15) is 5.10 Å². The van der Waals surface area contributed by atoms with E-state index in [2.05, 4.69) is 20.7 Å². The number of nitrogens with zero attached hydrogens (tertiary/aromatic N) is 4. The number of carbonyl (C=O) groups excluding carboxylic acids is 2. The Morgan fingerprint density at radius 2 is 2.03 bits per heavy atom. The van der Waals surface area contributed by atoms with Crippen molar-refractivity contribution >= 4 is 34.7 Å². The van der Waals surface area contributed by atoms with Crippen LogP contribution in [0.25, 0.3) is 16.8 Å². The monoisotopic (exact) mass is 518 g/mol. The molecule has 2 aliphatic heterocycles. The number of aromatic nitrogens is 3. The van der Waals surface area contributed by atoms with E-state index in [0.29, 0.717) is 33.0 Å². The highest BCUT2D eigenvalue weighted by Crippen LogP contribution is 2.42. The molecule has 0 bridgehead atoms. The molecule has 0 unspecified atom stereocenters. The molecule has 0 saturated carbocycles. The van der Waals surface area contributed by atoms with Crippen molar-refractivity contribution in [3.63, 3.8) is 0 Å². The maximum Gasteiger partial charge on any atom is 0.252 e. The number of hydrogen-bond donors (Lipinski definition) is 2. The summed E-state index contributed by atoms with van der Waals surface area (Å²) in [6.07, 6.45) is 6.06. The highest BCUT2D eigenvalue weighted by molar-refractivity contribution is 6.31. The summed E-state index contributed by atoms with van der Waals surface area (Å²) in [6.45, 7) is 0.843. The van der Waals surface area contributed by atoms with E-state index in [1.54, 1.807) is 10.6 Å². The molecule has 4 heterocycles. The van der Waals surface area contributed by atoms with Gasteiger partial charge in [0.25, 0.3) is 5.91 Å². The normalized spacial score (nSPS) is 19.6. The van der Waals surface area contributed by atoms with E-state index in [1.165, 1.54) is 24.5 Å². The summed E-state index contributed by atoms with van der Waals surface area (Å²) in [6, 6.07) is 10.4. The molecule has 2 amide bonds. The number of hydrogen-bond acceptors (Lipinski definition) is 5. The maximum absolute atomic E-state index is 14.2. The largest absolute Gasteiger partial charge is 0.341 e. The van der Waals surface area contributed by atoms with E-state index in [1.807, 2.05) is 36.3 Å². The Morgan fingerprint density at radius 3 is 2.86 bits per heavy atom. The lowest BCUT2D eigenvalue weighted by molar-refractivity contribution is -0.121. The second-order valence-corrected chi connectivity index (χ2v) is 9.93. The summed E-state index contributed by atoms with van der Waals surface area (Å²) in [5, 5.41) is 10.6. The van der Waals surface area contributed by atoms with Gasteiger partial charge in [0.05, 0.1) is 12.1 Å². The maximum atomic E-state index is 14.2. The summed E-state index contributed by atoms with van der Waals surface area (Å²) in [4.78, 5) is 32.9. The lowest BCUT2D eigenvalue weighted by Gasteiger charge is -2.31. The fourth-order valence-corrected chi connectivity index (χ4v) is 5.51. The molecule has 37 heavy (non-hydrogen) atoms. The molecule has 2 aromatic heterocycles. The smallest absolute Gasteiger partial charge is 0.252 e. The van der Waals surface area contributed by atoms with Crippen LogP contribution in [0.15, 0.2) is 55.0 Å². The summed E-state index contributed by atoms with van der Waals surface area (Å²) < 4.78 is 15.8. The molecule has 2 atom stereocenters. The Bertz CT molecular complexity index is 1550. The summed E-state index contributed by atoms with van der Waals surface area (Å²) >= 11 is 6.43. The van der Waals surface area contributed by atoms with Crippen molar-refractivity contribution in [1.82, 2.24) is 24.8 Å². The van der Waals surface area contributed by atoms with Crippen molar-refractivity contribution in [3.8, 4) is 11.1 Å². The van der Waals surface area contributed by atoms with Gasteiger partial charge < -0.3 is 10.6 Å². The quantitative estimate of drug-likeness (QED) is 0.416. The lowest BCUT2D eigenvalue weighted by Crippen LogP contribution is -2.44. The fourth-order valence-electron chi connectivity index (χ4n) is 5.28. The Balaban J connectivity index is 1.49. The summed E-state index contributed by atoms with van der Waals surface area (Å²) in [5.41, 5.74) is 4.09. The van der Waals surface area contributed by atoms with Gasteiger partial charge in [-0.15, -0.1) is 0 Å². The first-order valence-corrected chi connectivity index (χ1v) is 12.5. The molecule has 6 rings (SSSR count). The molecular weight excluding hydrogens is 495 g/mol. The van der Waals surface area contributed by atoms with Crippen LogP contribution in [0.4, 0.5) is 10.1 Å². The average molecular weight is 519 g/mol. The molecule has 2 N–H and O–H groups in total. The van der Waals surface area contributed by atoms with Gasteiger partial charge in [-0.05, 0) is 74.5 Å². The van der Waals surface area contributed by atoms with Crippen molar-refractivity contribution in [2.75, 3.05) is 18.9 Å². The van der Waals surface area contributed by atoms with Crippen LogP contribution < -0.4 is 10.6 Å². The topological polar surface area (TPSA) is 91.6 Å². The van der Waals surface area contributed by atoms with Crippen LogP contribution in [0.2, 0.25) is 5.02 Å². The average Bonchev–Trinajstić information content (AvgIpc) is 3.49. The molecule has 10 heteroatoms. The van der Waals surface area contributed by atoms with Gasteiger partial charge >= 0.3 is 0 Å². The Labute approximate surface area is 217 Å². The number of rotatable bonds is 4. The van der Waals surface area contributed by atoms with Crippen LogP contribution in [0, 0.1) is 5.82 Å². The van der Waals surface area contributed by atoms with Gasteiger partial charge in [0.2, 0.25) is 5.91 Å². The molecule has 0 radical (unpaired) electrons. The first-order valence-electron chi connectivity index (χ1n) is 12.1. The van der Waals surface area contributed by atoms with E-state index in [4.69, 9.17) is 11.6 Å². The van der Waals surface area contributed by atoms with Gasteiger partial charge in [0.15, 0.2) is 5.65 Å². The minimum absolute atomic E-state index is 0.142. The predicted octanol–water partition coefficient (Wildman–Crippen LogP) is 4.44. The van der Waals surface area contributed by atoms with Crippen molar-refractivity contribution in [2.24, 2.45) is 0 Å². The molecule has 1 fully saturated rings. The second kappa shape index (κ2) is 9.24. The number of amides is 2. The third-order valence-corrected chi connectivity index (χ3v) is 7.54. The zero-order chi connectivity index (χ0) is 25.7. The Kier molecular flexibility index (Phi) is 5.89. The zero-order valence-corrected chi connectivity index (χ0v) is 20.8. The summed E-state index contributed by atoms with van der Waals surface area (Å²) in [5.74, 6) is -0.930. The van der Waals surface area contributed by atoms with E-state index in [-0.39, 0.29) is 17.9 Å². The number of anilines is 1. The number of likely N-dealkylation sites (tertiary alicyclic amines) is 1. The molecule has 0 aliphatic carbocycles. The Morgan fingerprint density at radius 1 is 1.16 bits per heavy atom. The van der Waals surface area contributed by atoms with E-state index in [0.717, 1.165) is 36.9 Å². The predicted molar refractivity (Wildman–Crippen MR) is 138 cm³/mol. The SMILES string of the molecule is CN1CCCC[C@H]1C(=O)Nc1cc(-c2ccc3ncnn3c2)cc2c1[C@H](c1cc(F)ccc1Cl)NC2=O. The molecule has 8 nitrogen and oxygen atoms in total. The number of pyridine rings is 1. The highest BCUT2D eigenvalue weighted by atomic mass is 35.5. The van der Waals surface area contributed by atoms with Gasteiger partial charge in [0.1, 0.15) is 12.1 Å². The van der Waals surface area contributed by atoms with Crippen LogP contribution in [-0.4, -0.2) is 50.9 Å². The first-order chi connectivity index (χ1) is 17.9. The fraction of sp³-hybridized carbons (Fsp3) is 0.259. The van der Waals surface area contributed by atoms with Crippen molar-refractivity contribution in [1.29, 1.82) is 0 Å². The number of nitrogens with one attached hydrogen (secondary N) is 2. The van der Waals surface area contributed by atoms with Gasteiger partial charge in [0, 0.05) is 39.2 Å². The van der Waals surface area contributed by atoms with Crippen LogP contribution in [0.1, 0.15) is 46.8 Å². The van der Waals surface area contributed by atoms with Gasteiger partial charge in [-0.25, -0.2) is 13.9 Å². The molecule has 188 valence electrons. The number of carbonyl (C=O) groups is 2. The number of piperidine rings is 1. The lowest BCUT2D eigenvalue weighted by atomic mass is 9.92. The second-order valence-electron chi connectivity index (χ2n) is 9.52. The number of benzene rings is 2. The van der Waals surface area contributed by atoms with Crippen LogP contribution >= 0.6 is 11.6 Å². The zero-order valence-electron chi connectivity index (χ0n) is 20.0. The summed E-state index contributed by atoms with van der Waals surface area (Å²) in [7, 11) is 1.94. The molecular formula is C27H24ClFN6O2.